The monoisotopic (exact) mass is 433 g/mol. The molecule has 0 radical (unpaired) electrons. The molecule has 0 bridgehead atoms. The van der Waals surface area contributed by atoms with Crippen LogP contribution in [0.4, 0.5) is 17.1 Å². The average molecular weight is 434 g/mol. The van der Waals surface area contributed by atoms with E-state index in [0.717, 1.165) is 22.5 Å². The predicted octanol–water partition coefficient (Wildman–Crippen LogP) is 4.84. The molecule has 0 saturated carbocycles. The summed E-state index contributed by atoms with van der Waals surface area (Å²) in [5, 5.41) is 0.577. The fourth-order valence-electron chi connectivity index (χ4n) is 3.78. The molecule has 0 spiro atoms. The van der Waals surface area contributed by atoms with E-state index in [4.69, 9.17) is 11.6 Å². The maximum absolute atomic E-state index is 13.7. The molecule has 0 aliphatic carbocycles. The summed E-state index contributed by atoms with van der Waals surface area (Å²) in [5.74, 6) is -0.291. The highest BCUT2D eigenvalue weighted by molar-refractivity contribution is 6.30. The standard InChI is InChI=1S/C25H24ClN3O2/c1-17-4-10-21(11-5-17)28-16-23(30)29(22-14-8-19(26)9-15-22)24(25(28)31)18-6-12-20(13-7-18)27(2)3/h4-15,24H,16H2,1-3H3/t24-/m1/s1. The van der Waals surface area contributed by atoms with Gasteiger partial charge in [0.25, 0.3) is 5.91 Å². The molecule has 2 amide bonds. The Morgan fingerprint density at radius 3 is 2.00 bits per heavy atom. The zero-order valence-electron chi connectivity index (χ0n) is 17.7. The number of anilines is 3. The van der Waals surface area contributed by atoms with Gasteiger partial charge in [-0.3, -0.25) is 14.5 Å². The molecule has 158 valence electrons. The smallest absolute Gasteiger partial charge is 0.255 e. The van der Waals surface area contributed by atoms with Gasteiger partial charge < -0.3 is 9.80 Å². The van der Waals surface area contributed by atoms with Gasteiger partial charge >= 0.3 is 0 Å². The topological polar surface area (TPSA) is 43.9 Å². The van der Waals surface area contributed by atoms with Gasteiger partial charge in [0.2, 0.25) is 5.91 Å². The molecule has 1 atom stereocenters. The van der Waals surface area contributed by atoms with Crippen LogP contribution in [0.1, 0.15) is 17.2 Å². The third-order valence-electron chi connectivity index (χ3n) is 5.50. The number of benzene rings is 3. The number of carbonyl (C=O) groups is 2. The first-order valence-electron chi connectivity index (χ1n) is 10.1. The van der Waals surface area contributed by atoms with Gasteiger partial charge in [-0.2, -0.15) is 0 Å². The number of piperazine rings is 1. The number of hydrogen-bond acceptors (Lipinski definition) is 3. The molecule has 6 heteroatoms. The van der Waals surface area contributed by atoms with E-state index < -0.39 is 6.04 Å². The second-order valence-electron chi connectivity index (χ2n) is 7.89. The Morgan fingerprint density at radius 2 is 1.42 bits per heavy atom. The minimum atomic E-state index is -0.764. The molecule has 1 heterocycles. The minimum Gasteiger partial charge on any atom is -0.378 e. The third kappa shape index (κ3) is 4.14. The van der Waals surface area contributed by atoms with Crippen LogP contribution in [-0.4, -0.2) is 32.5 Å². The van der Waals surface area contributed by atoms with Crippen LogP contribution in [0.3, 0.4) is 0 Å². The molecule has 31 heavy (non-hydrogen) atoms. The first-order chi connectivity index (χ1) is 14.8. The fraction of sp³-hybridized carbons (Fsp3) is 0.200. The summed E-state index contributed by atoms with van der Waals surface area (Å²) in [4.78, 5) is 32.2. The van der Waals surface area contributed by atoms with Crippen molar-refractivity contribution in [2.75, 3.05) is 35.3 Å². The van der Waals surface area contributed by atoms with Gasteiger partial charge in [-0.25, -0.2) is 0 Å². The van der Waals surface area contributed by atoms with Gasteiger partial charge in [0.15, 0.2) is 0 Å². The summed E-state index contributed by atoms with van der Waals surface area (Å²) < 4.78 is 0. The molecule has 1 aliphatic rings. The Kier molecular flexibility index (Phi) is 5.70. The summed E-state index contributed by atoms with van der Waals surface area (Å²) in [6.45, 7) is 1.97. The second-order valence-corrected chi connectivity index (χ2v) is 8.33. The maximum Gasteiger partial charge on any atom is 0.255 e. The number of rotatable bonds is 4. The van der Waals surface area contributed by atoms with Crippen molar-refractivity contribution in [1.82, 2.24) is 0 Å². The van der Waals surface area contributed by atoms with Crippen molar-refractivity contribution in [1.29, 1.82) is 0 Å². The fourth-order valence-corrected chi connectivity index (χ4v) is 3.90. The molecule has 3 aromatic carbocycles. The lowest BCUT2D eigenvalue weighted by Gasteiger charge is -2.40. The number of carbonyl (C=O) groups excluding carboxylic acids is 2. The van der Waals surface area contributed by atoms with Gasteiger partial charge in [-0.15, -0.1) is 0 Å². The highest BCUT2D eigenvalue weighted by Gasteiger charge is 2.41. The Hall–Kier alpha value is -3.31. The summed E-state index contributed by atoms with van der Waals surface area (Å²) in [5.41, 5.74) is 4.24. The number of halogens is 1. The summed E-state index contributed by atoms with van der Waals surface area (Å²) in [6.07, 6.45) is 0. The van der Waals surface area contributed by atoms with Crippen LogP contribution < -0.4 is 14.7 Å². The Morgan fingerprint density at radius 1 is 0.839 bits per heavy atom. The third-order valence-corrected chi connectivity index (χ3v) is 5.75. The van der Waals surface area contributed by atoms with E-state index in [1.54, 1.807) is 34.1 Å². The molecular formula is C25H24ClN3O2. The molecule has 4 rings (SSSR count). The lowest BCUT2D eigenvalue weighted by atomic mass is 9.99. The minimum absolute atomic E-state index is 0.0171. The highest BCUT2D eigenvalue weighted by atomic mass is 35.5. The van der Waals surface area contributed by atoms with Crippen molar-refractivity contribution >= 4 is 40.5 Å². The van der Waals surface area contributed by atoms with Crippen LogP contribution in [0.5, 0.6) is 0 Å². The van der Waals surface area contributed by atoms with Gasteiger partial charge in [0, 0.05) is 36.2 Å². The van der Waals surface area contributed by atoms with Gasteiger partial charge in [-0.05, 0) is 61.0 Å². The summed E-state index contributed by atoms with van der Waals surface area (Å²) >= 11 is 6.05. The molecule has 3 aromatic rings. The normalized spacial score (nSPS) is 16.6. The molecule has 1 aliphatic heterocycles. The van der Waals surface area contributed by atoms with E-state index in [9.17, 15) is 9.59 Å². The SMILES string of the molecule is Cc1ccc(N2CC(=O)N(c3ccc(Cl)cc3)[C@H](c3ccc(N(C)C)cc3)C2=O)cc1. The first-order valence-corrected chi connectivity index (χ1v) is 10.5. The first kappa shape index (κ1) is 20.9. The van der Waals surface area contributed by atoms with Crippen molar-refractivity contribution in [3.63, 3.8) is 0 Å². The van der Waals surface area contributed by atoms with Crippen molar-refractivity contribution in [2.24, 2.45) is 0 Å². The zero-order chi connectivity index (χ0) is 22.1. The summed E-state index contributed by atoms with van der Waals surface area (Å²) in [6, 6.07) is 21.6. The van der Waals surface area contributed by atoms with Crippen LogP contribution in [0.15, 0.2) is 72.8 Å². The molecular weight excluding hydrogens is 410 g/mol. The lowest BCUT2D eigenvalue weighted by molar-refractivity contribution is -0.128. The Bertz CT molecular complexity index is 1090. The van der Waals surface area contributed by atoms with Crippen molar-refractivity contribution in [3.8, 4) is 0 Å². The lowest BCUT2D eigenvalue weighted by Crippen LogP contribution is -2.56. The second kappa shape index (κ2) is 8.44. The van der Waals surface area contributed by atoms with E-state index in [1.165, 1.54) is 0 Å². The number of aryl methyl sites for hydroxylation is 1. The van der Waals surface area contributed by atoms with Crippen LogP contribution in [0.2, 0.25) is 5.02 Å². The van der Waals surface area contributed by atoms with Crippen LogP contribution in [0, 0.1) is 6.92 Å². The molecule has 1 saturated heterocycles. The van der Waals surface area contributed by atoms with Crippen LogP contribution >= 0.6 is 11.6 Å². The highest BCUT2D eigenvalue weighted by Crippen LogP contribution is 2.35. The Balaban J connectivity index is 1.79. The van der Waals surface area contributed by atoms with Crippen LogP contribution in [-0.2, 0) is 9.59 Å². The van der Waals surface area contributed by atoms with E-state index >= 15 is 0 Å². The van der Waals surface area contributed by atoms with Crippen molar-refractivity contribution in [3.05, 3.63) is 88.9 Å². The van der Waals surface area contributed by atoms with Crippen LogP contribution in [0.25, 0.3) is 0 Å². The Labute approximate surface area is 187 Å². The summed E-state index contributed by atoms with van der Waals surface area (Å²) in [7, 11) is 3.92. The van der Waals surface area contributed by atoms with Gasteiger partial charge in [0.1, 0.15) is 12.6 Å². The predicted molar refractivity (Wildman–Crippen MR) is 126 cm³/mol. The number of hydrogen-bond donors (Lipinski definition) is 0. The quantitative estimate of drug-likeness (QED) is 0.591. The molecule has 0 N–H and O–H groups in total. The van der Waals surface area contributed by atoms with E-state index in [2.05, 4.69) is 0 Å². The molecule has 0 aromatic heterocycles. The van der Waals surface area contributed by atoms with Gasteiger partial charge in [-0.1, -0.05) is 41.4 Å². The largest absolute Gasteiger partial charge is 0.378 e. The average Bonchev–Trinajstić information content (AvgIpc) is 2.76. The molecule has 5 nitrogen and oxygen atoms in total. The van der Waals surface area contributed by atoms with E-state index in [1.807, 2.05) is 74.4 Å². The molecule has 1 fully saturated rings. The van der Waals surface area contributed by atoms with Gasteiger partial charge in [0.05, 0.1) is 0 Å². The number of nitrogens with zero attached hydrogens (tertiary/aromatic N) is 3. The molecule has 0 unspecified atom stereocenters. The number of amides is 2. The van der Waals surface area contributed by atoms with Crippen molar-refractivity contribution in [2.45, 2.75) is 13.0 Å². The van der Waals surface area contributed by atoms with E-state index in [-0.39, 0.29) is 18.4 Å². The zero-order valence-corrected chi connectivity index (χ0v) is 18.5. The van der Waals surface area contributed by atoms with Crippen molar-refractivity contribution < 1.29 is 9.59 Å². The van der Waals surface area contributed by atoms with E-state index in [0.29, 0.717) is 10.7 Å². The maximum atomic E-state index is 13.7.